The molecule has 4 aliphatic rings. The number of benzene rings is 2. The van der Waals surface area contributed by atoms with Gasteiger partial charge in [0.25, 0.3) is 11.4 Å². The van der Waals surface area contributed by atoms with Crippen molar-refractivity contribution in [2.45, 2.75) is 43.8 Å². The van der Waals surface area contributed by atoms with E-state index in [1.807, 2.05) is 42.5 Å². The fourth-order valence-corrected chi connectivity index (χ4v) is 6.80. The van der Waals surface area contributed by atoms with E-state index >= 15 is 4.39 Å². The first kappa shape index (κ1) is 27.7. The standard InChI is InChI=1S/C32H32FN9O3/c33-25-23(9-8-21-26(25)41-13-4-5-14-42(41)29(21)44)36-31-34-18-22(27(37-31)35-24(19-43)20-6-2-1-3-7-20)28-38-30(39-45-28)32-10-15-40(16-11-32)17-12-32/h1-9,18,24,43H,10-17,19H2,(H2,34,35,36,37)/t24-/m1/s1. The second-order valence-corrected chi connectivity index (χ2v) is 11.9. The average Bonchev–Trinajstić information content (AvgIpc) is 3.71. The van der Waals surface area contributed by atoms with Crippen molar-refractivity contribution in [3.8, 4) is 11.5 Å². The van der Waals surface area contributed by atoms with E-state index < -0.39 is 11.9 Å². The Balaban J connectivity index is 1.17. The number of halogens is 1. The van der Waals surface area contributed by atoms with Crippen LogP contribution >= 0.6 is 0 Å². The van der Waals surface area contributed by atoms with Crippen LogP contribution in [0.2, 0.25) is 0 Å². The minimum absolute atomic E-state index is 0.101. The minimum Gasteiger partial charge on any atom is -0.394 e. The largest absolute Gasteiger partial charge is 0.394 e. The van der Waals surface area contributed by atoms with Crippen LogP contribution in [-0.2, 0) is 18.5 Å². The highest BCUT2D eigenvalue weighted by Crippen LogP contribution is 2.42. The van der Waals surface area contributed by atoms with Crippen molar-refractivity contribution in [1.29, 1.82) is 0 Å². The van der Waals surface area contributed by atoms with Gasteiger partial charge >= 0.3 is 0 Å². The minimum atomic E-state index is -0.572. The van der Waals surface area contributed by atoms with E-state index in [1.54, 1.807) is 16.9 Å². The molecule has 7 heterocycles. The molecule has 12 nitrogen and oxygen atoms in total. The van der Waals surface area contributed by atoms with E-state index in [9.17, 15) is 9.90 Å². The molecule has 0 radical (unpaired) electrons. The zero-order valence-electron chi connectivity index (χ0n) is 24.5. The number of hydrogen-bond acceptors (Lipinski definition) is 10. The van der Waals surface area contributed by atoms with Gasteiger partial charge < -0.3 is 25.2 Å². The third-order valence-electron chi connectivity index (χ3n) is 9.44. The van der Waals surface area contributed by atoms with Gasteiger partial charge in [-0.15, -0.1) is 0 Å². The summed E-state index contributed by atoms with van der Waals surface area (Å²) in [7, 11) is 0. The van der Waals surface area contributed by atoms with Gasteiger partial charge in [-0.2, -0.15) is 9.97 Å². The van der Waals surface area contributed by atoms with Crippen molar-refractivity contribution in [1.82, 2.24) is 34.4 Å². The van der Waals surface area contributed by atoms with Gasteiger partial charge in [-0.05, 0) is 56.6 Å². The molecule has 0 saturated carbocycles. The van der Waals surface area contributed by atoms with Crippen LogP contribution in [0, 0.1) is 5.82 Å². The first-order valence-electron chi connectivity index (χ1n) is 15.2. The number of nitrogens with zero attached hydrogens (tertiary/aromatic N) is 7. The monoisotopic (exact) mass is 609 g/mol. The molecule has 1 atom stereocenters. The zero-order chi connectivity index (χ0) is 30.5. The summed E-state index contributed by atoms with van der Waals surface area (Å²) in [6.07, 6.45) is 8.31. The fourth-order valence-electron chi connectivity index (χ4n) is 6.80. The van der Waals surface area contributed by atoms with E-state index in [-0.39, 0.29) is 40.6 Å². The molecular formula is C32H32FN9O3. The third kappa shape index (κ3) is 4.70. The predicted octanol–water partition coefficient (Wildman–Crippen LogP) is 3.98. The summed E-state index contributed by atoms with van der Waals surface area (Å²) in [5, 5.41) is 21.4. The molecule has 4 aliphatic heterocycles. The highest BCUT2D eigenvalue weighted by molar-refractivity contribution is 5.84. The van der Waals surface area contributed by atoms with Crippen molar-refractivity contribution in [2.24, 2.45) is 0 Å². The van der Waals surface area contributed by atoms with Crippen LogP contribution in [0.25, 0.3) is 22.4 Å². The molecule has 3 N–H and O–H groups in total. The Bertz CT molecular complexity index is 1960. The third-order valence-corrected chi connectivity index (χ3v) is 9.44. The van der Waals surface area contributed by atoms with E-state index in [4.69, 9.17) is 14.5 Å². The van der Waals surface area contributed by atoms with E-state index in [0.29, 0.717) is 35.7 Å². The van der Waals surface area contributed by atoms with Crippen LogP contribution in [0.5, 0.6) is 0 Å². The molecule has 13 heteroatoms. The lowest BCUT2D eigenvalue weighted by Crippen LogP contribution is -2.51. The molecule has 2 aromatic carbocycles. The van der Waals surface area contributed by atoms with Crippen LogP contribution in [0.3, 0.4) is 0 Å². The second-order valence-electron chi connectivity index (χ2n) is 11.9. The summed E-state index contributed by atoms with van der Waals surface area (Å²) < 4.78 is 24.9. The lowest BCUT2D eigenvalue weighted by atomic mass is 9.71. The number of aliphatic hydroxyl groups is 1. The maximum absolute atomic E-state index is 15.9. The summed E-state index contributed by atoms with van der Waals surface area (Å²) >= 11 is 0. The quantitative estimate of drug-likeness (QED) is 0.222. The maximum Gasteiger partial charge on any atom is 0.274 e. The molecule has 0 aliphatic carbocycles. The Hall–Kier alpha value is -4.88. The van der Waals surface area contributed by atoms with Gasteiger partial charge in [-0.3, -0.25) is 9.48 Å². The van der Waals surface area contributed by atoms with Gasteiger partial charge in [0.1, 0.15) is 16.9 Å². The van der Waals surface area contributed by atoms with Crippen LogP contribution in [0.4, 0.5) is 21.8 Å². The van der Waals surface area contributed by atoms with Crippen molar-refractivity contribution in [3.63, 3.8) is 0 Å². The lowest BCUT2D eigenvalue weighted by molar-refractivity contribution is 0.0747. The number of anilines is 3. The van der Waals surface area contributed by atoms with Crippen LogP contribution in [-0.4, -0.2) is 65.7 Å². The SMILES string of the molecule is O=c1c2ccc(Nc3ncc(-c4nc(C56CCN(CC5)CC6)no4)c(N[C@H](CO)c4ccccc4)n3)c(F)c2n2n1CC=CC2. The highest BCUT2D eigenvalue weighted by atomic mass is 19.1. The number of aromatic nitrogens is 6. The highest BCUT2D eigenvalue weighted by Gasteiger charge is 2.44. The van der Waals surface area contributed by atoms with Crippen LogP contribution in [0.15, 0.2) is 70.1 Å². The Morgan fingerprint density at radius 1 is 1.00 bits per heavy atom. The van der Waals surface area contributed by atoms with Gasteiger partial charge in [0.2, 0.25) is 5.95 Å². The number of piperidine rings is 3. The summed E-state index contributed by atoms with van der Waals surface area (Å²) in [6, 6.07) is 12.1. The van der Waals surface area contributed by atoms with Crippen molar-refractivity contribution in [2.75, 3.05) is 36.9 Å². The molecule has 3 aromatic heterocycles. The second kappa shape index (κ2) is 10.9. The molecule has 5 aromatic rings. The van der Waals surface area contributed by atoms with Crippen molar-refractivity contribution in [3.05, 3.63) is 88.4 Å². The normalized spacial score (nSPS) is 21.2. The zero-order valence-corrected chi connectivity index (χ0v) is 24.5. The topological polar surface area (TPSA) is 139 Å². The Kier molecular flexibility index (Phi) is 6.72. The molecular weight excluding hydrogens is 577 g/mol. The Morgan fingerprint density at radius 3 is 2.51 bits per heavy atom. The summed E-state index contributed by atoms with van der Waals surface area (Å²) in [6.45, 7) is 3.64. The van der Waals surface area contributed by atoms with Gasteiger partial charge in [0, 0.05) is 11.6 Å². The van der Waals surface area contributed by atoms with Crippen molar-refractivity contribution >= 4 is 28.4 Å². The number of fused-ring (bicyclic) bond motifs is 6. The molecule has 0 unspecified atom stereocenters. The van der Waals surface area contributed by atoms with E-state index in [0.717, 1.165) is 44.5 Å². The molecule has 0 amide bonds. The molecule has 3 fully saturated rings. The van der Waals surface area contributed by atoms with E-state index in [2.05, 4.69) is 25.7 Å². The molecule has 0 spiro atoms. The molecule has 9 rings (SSSR count). The smallest absolute Gasteiger partial charge is 0.274 e. The number of allylic oxidation sites excluding steroid dienone is 2. The number of nitrogens with one attached hydrogen (secondary N) is 2. The molecule has 45 heavy (non-hydrogen) atoms. The molecule has 2 bridgehead atoms. The Morgan fingerprint density at radius 2 is 1.76 bits per heavy atom. The van der Waals surface area contributed by atoms with E-state index in [1.165, 1.54) is 10.7 Å². The maximum atomic E-state index is 15.9. The first-order chi connectivity index (χ1) is 22.0. The lowest BCUT2D eigenvalue weighted by Gasteiger charge is -2.46. The number of hydrogen-bond donors (Lipinski definition) is 3. The van der Waals surface area contributed by atoms with Gasteiger partial charge in [-0.1, -0.05) is 47.6 Å². The first-order valence-corrected chi connectivity index (χ1v) is 15.2. The summed E-state index contributed by atoms with van der Waals surface area (Å²) in [5.41, 5.74) is 1.33. The van der Waals surface area contributed by atoms with Gasteiger partial charge in [0.15, 0.2) is 11.6 Å². The van der Waals surface area contributed by atoms with Crippen LogP contribution in [0.1, 0.15) is 36.7 Å². The van der Waals surface area contributed by atoms with Crippen LogP contribution < -0.4 is 16.2 Å². The summed E-state index contributed by atoms with van der Waals surface area (Å²) in [5.74, 6) is 0.848. The van der Waals surface area contributed by atoms with Gasteiger partial charge in [0.05, 0.1) is 36.8 Å². The van der Waals surface area contributed by atoms with Crippen molar-refractivity contribution < 1.29 is 14.0 Å². The number of aliphatic hydroxyl groups excluding tert-OH is 1. The number of rotatable bonds is 8. The Labute approximate surface area is 257 Å². The van der Waals surface area contributed by atoms with Gasteiger partial charge in [-0.25, -0.2) is 14.1 Å². The molecule has 230 valence electrons. The fraction of sp³-hybridized carbons (Fsp3) is 0.344. The molecule has 3 saturated heterocycles. The average molecular weight is 610 g/mol. The predicted molar refractivity (Wildman–Crippen MR) is 166 cm³/mol. The summed E-state index contributed by atoms with van der Waals surface area (Å²) in [4.78, 5) is 29.4.